The SMILES string of the molecule is CN(C(=O)c1ccc2nonc2c1)C(CCO)CCO. The fourth-order valence-electron chi connectivity index (χ4n) is 2.11. The summed E-state index contributed by atoms with van der Waals surface area (Å²) >= 11 is 0. The number of hydrogen-bond donors (Lipinski definition) is 2. The Bertz CT molecular complexity index is 578. The predicted molar refractivity (Wildman–Crippen MR) is 71.1 cm³/mol. The van der Waals surface area contributed by atoms with Crippen LogP contribution >= 0.6 is 0 Å². The fourth-order valence-corrected chi connectivity index (χ4v) is 2.11. The number of aliphatic hydroxyl groups excluding tert-OH is 2. The molecular weight excluding hydrogens is 262 g/mol. The minimum absolute atomic E-state index is 0.0332. The van der Waals surface area contributed by atoms with Crippen molar-refractivity contribution >= 4 is 16.9 Å². The van der Waals surface area contributed by atoms with E-state index in [1.54, 1.807) is 25.2 Å². The molecule has 0 unspecified atom stereocenters. The number of aromatic nitrogens is 2. The molecule has 1 aromatic heterocycles. The lowest BCUT2D eigenvalue weighted by Crippen LogP contribution is -2.38. The molecule has 20 heavy (non-hydrogen) atoms. The van der Waals surface area contributed by atoms with Crippen molar-refractivity contribution in [2.45, 2.75) is 18.9 Å². The number of amides is 1. The smallest absolute Gasteiger partial charge is 0.253 e. The van der Waals surface area contributed by atoms with E-state index < -0.39 is 0 Å². The lowest BCUT2D eigenvalue weighted by Gasteiger charge is -2.27. The molecule has 0 saturated heterocycles. The van der Waals surface area contributed by atoms with E-state index in [-0.39, 0.29) is 25.2 Å². The number of carbonyl (C=O) groups excluding carboxylic acids is 1. The van der Waals surface area contributed by atoms with E-state index in [4.69, 9.17) is 10.2 Å². The zero-order valence-corrected chi connectivity index (χ0v) is 11.2. The van der Waals surface area contributed by atoms with Crippen LogP contribution in [0.5, 0.6) is 0 Å². The fraction of sp³-hybridized carbons (Fsp3) is 0.462. The molecule has 0 spiro atoms. The van der Waals surface area contributed by atoms with Crippen LogP contribution in [0.25, 0.3) is 11.0 Å². The Morgan fingerprint density at radius 2 is 1.90 bits per heavy atom. The van der Waals surface area contributed by atoms with Crippen LogP contribution in [0.15, 0.2) is 22.8 Å². The van der Waals surface area contributed by atoms with Gasteiger partial charge in [0.2, 0.25) is 0 Å². The topological polar surface area (TPSA) is 99.7 Å². The van der Waals surface area contributed by atoms with Crippen LogP contribution in [0.2, 0.25) is 0 Å². The molecule has 0 aliphatic carbocycles. The van der Waals surface area contributed by atoms with E-state index in [1.165, 1.54) is 4.90 Å². The Balaban J connectivity index is 2.19. The summed E-state index contributed by atoms with van der Waals surface area (Å²) in [6.45, 7) is -0.0664. The maximum Gasteiger partial charge on any atom is 0.253 e. The lowest BCUT2D eigenvalue weighted by atomic mass is 10.1. The lowest BCUT2D eigenvalue weighted by molar-refractivity contribution is 0.0677. The number of rotatable bonds is 6. The Morgan fingerprint density at radius 3 is 2.55 bits per heavy atom. The van der Waals surface area contributed by atoms with Gasteiger partial charge in [-0.05, 0) is 41.4 Å². The van der Waals surface area contributed by atoms with Crippen molar-refractivity contribution in [3.05, 3.63) is 23.8 Å². The maximum absolute atomic E-state index is 12.4. The van der Waals surface area contributed by atoms with Gasteiger partial charge in [0.25, 0.3) is 5.91 Å². The summed E-state index contributed by atoms with van der Waals surface area (Å²) in [6, 6.07) is 4.73. The number of fused-ring (bicyclic) bond motifs is 1. The number of hydrogen-bond acceptors (Lipinski definition) is 6. The first-order chi connectivity index (χ1) is 9.67. The van der Waals surface area contributed by atoms with Crippen LogP contribution in [0, 0.1) is 0 Å². The van der Waals surface area contributed by atoms with Gasteiger partial charge in [0.1, 0.15) is 11.0 Å². The van der Waals surface area contributed by atoms with Crippen LogP contribution in [-0.4, -0.2) is 57.6 Å². The molecule has 1 heterocycles. The molecule has 7 nitrogen and oxygen atoms in total. The quantitative estimate of drug-likeness (QED) is 0.795. The van der Waals surface area contributed by atoms with Gasteiger partial charge in [-0.2, -0.15) is 0 Å². The van der Waals surface area contributed by atoms with Gasteiger partial charge in [-0.3, -0.25) is 4.79 Å². The Hall–Kier alpha value is -1.99. The molecule has 1 aromatic carbocycles. The number of aliphatic hydroxyl groups is 2. The zero-order chi connectivity index (χ0) is 14.5. The van der Waals surface area contributed by atoms with Gasteiger partial charge in [-0.1, -0.05) is 0 Å². The average molecular weight is 279 g/mol. The maximum atomic E-state index is 12.4. The molecule has 7 heteroatoms. The highest BCUT2D eigenvalue weighted by molar-refractivity contribution is 5.97. The molecule has 0 radical (unpaired) electrons. The van der Waals surface area contributed by atoms with E-state index in [0.29, 0.717) is 29.4 Å². The number of nitrogens with zero attached hydrogens (tertiary/aromatic N) is 3. The molecule has 2 aromatic rings. The molecule has 2 N–H and O–H groups in total. The number of carbonyl (C=O) groups is 1. The third kappa shape index (κ3) is 2.94. The van der Waals surface area contributed by atoms with Crippen molar-refractivity contribution < 1.29 is 19.6 Å². The third-order valence-electron chi connectivity index (χ3n) is 3.29. The molecule has 0 fully saturated rings. The first-order valence-corrected chi connectivity index (χ1v) is 6.38. The summed E-state index contributed by atoms with van der Waals surface area (Å²) in [5.74, 6) is -0.193. The third-order valence-corrected chi connectivity index (χ3v) is 3.29. The summed E-state index contributed by atoms with van der Waals surface area (Å²) in [5, 5.41) is 25.4. The van der Waals surface area contributed by atoms with Crippen LogP contribution in [0.3, 0.4) is 0 Å². The summed E-state index contributed by atoms with van der Waals surface area (Å²) in [4.78, 5) is 13.9. The van der Waals surface area contributed by atoms with Crippen molar-refractivity contribution in [3.63, 3.8) is 0 Å². The minimum Gasteiger partial charge on any atom is -0.396 e. The second kappa shape index (κ2) is 6.44. The number of benzene rings is 1. The Morgan fingerprint density at radius 1 is 1.25 bits per heavy atom. The van der Waals surface area contributed by atoms with Crippen LogP contribution in [0.4, 0.5) is 0 Å². The van der Waals surface area contributed by atoms with Crippen molar-refractivity contribution in [1.29, 1.82) is 0 Å². The molecule has 1 amide bonds. The minimum atomic E-state index is -0.205. The summed E-state index contributed by atoms with van der Waals surface area (Å²) in [7, 11) is 1.66. The predicted octanol–water partition coefficient (Wildman–Crippen LogP) is 0.428. The molecule has 108 valence electrons. The van der Waals surface area contributed by atoms with E-state index >= 15 is 0 Å². The second-order valence-corrected chi connectivity index (χ2v) is 4.56. The van der Waals surface area contributed by atoms with Gasteiger partial charge in [-0.15, -0.1) is 0 Å². The van der Waals surface area contributed by atoms with Crippen LogP contribution in [-0.2, 0) is 0 Å². The van der Waals surface area contributed by atoms with Gasteiger partial charge in [0, 0.05) is 31.9 Å². The highest BCUT2D eigenvalue weighted by Gasteiger charge is 2.21. The standard InChI is InChI=1S/C13H17N3O4/c1-16(10(4-6-17)5-7-18)13(19)9-2-3-11-12(8-9)15-20-14-11/h2-3,8,10,17-18H,4-7H2,1H3. The van der Waals surface area contributed by atoms with Crippen molar-refractivity contribution in [3.8, 4) is 0 Å². The molecule has 0 atom stereocenters. The zero-order valence-electron chi connectivity index (χ0n) is 11.2. The van der Waals surface area contributed by atoms with E-state index in [9.17, 15) is 4.79 Å². The molecular formula is C13H17N3O4. The summed E-state index contributed by atoms with van der Waals surface area (Å²) in [5.41, 5.74) is 1.58. The van der Waals surface area contributed by atoms with Gasteiger partial charge < -0.3 is 15.1 Å². The second-order valence-electron chi connectivity index (χ2n) is 4.56. The Labute approximate surface area is 115 Å². The first kappa shape index (κ1) is 14.4. The van der Waals surface area contributed by atoms with Gasteiger partial charge in [0.15, 0.2) is 0 Å². The molecule has 0 saturated carbocycles. The Kier molecular flexibility index (Phi) is 4.65. The summed E-state index contributed by atoms with van der Waals surface area (Å²) < 4.78 is 4.59. The van der Waals surface area contributed by atoms with Gasteiger partial charge in [0.05, 0.1) is 0 Å². The van der Waals surface area contributed by atoms with Crippen molar-refractivity contribution in [1.82, 2.24) is 15.2 Å². The van der Waals surface area contributed by atoms with E-state index in [0.717, 1.165) is 0 Å². The molecule has 0 bridgehead atoms. The first-order valence-electron chi connectivity index (χ1n) is 6.38. The monoisotopic (exact) mass is 279 g/mol. The average Bonchev–Trinajstić information content (AvgIpc) is 2.92. The van der Waals surface area contributed by atoms with E-state index in [2.05, 4.69) is 14.9 Å². The highest BCUT2D eigenvalue weighted by atomic mass is 16.6. The molecule has 0 aliphatic rings. The normalized spacial score (nSPS) is 11.2. The largest absolute Gasteiger partial charge is 0.396 e. The highest BCUT2D eigenvalue weighted by Crippen LogP contribution is 2.16. The molecule has 0 aliphatic heterocycles. The summed E-state index contributed by atoms with van der Waals surface area (Å²) in [6.07, 6.45) is 0.854. The van der Waals surface area contributed by atoms with Crippen molar-refractivity contribution in [2.75, 3.05) is 20.3 Å². The van der Waals surface area contributed by atoms with Crippen molar-refractivity contribution in [2.24, 2.45) is 0 Å². The van der Waals surface area contributed by atoms with E-state index in [1.807, 2.05) is 0 Å². The molecule has 2 rings (SSSR count). The van der Waals surface area contributed by atoms with Gasteiger partial charge >= 0.3 is 0 Å². The van der Waals surface area contributed by atoms with Gasteiger partial charge in [-0.25, -0.2) is 4.63 Å². The van der Waals surface area contributed by atoms with Crippen LogP contribution < -0.4 is 0 Å². The van der Waals surface area contributed by atoms with Crippen LogP contribution in [0.1, 0.15) is 23.2 Å².